The summed E-state index contributed by atoms with van der Waals surface area (Å²) in [7, 11) is 0. The highest BCUT2D eigenvalue weighted by Crippen LogP contribution is 2.31. The average Bonchev–Trinajstić information content (AvgIpc) is 3.11. The summed E-state index contributed by atoms with van der Waals surface area (Å²) in [5.41, 5.74) is 6.34. The molecule has 0 aliphatic heterocycles. The average molecular weight is 412 g/mol. The van der Waals surface area contributed by atoms with Crippen LogP contribution in [0.3, 0.4) is 0 Å². The molecule has 0 aliphatic rings. The van der Waals surface area contributed by atoms with Crippen LogP contribution >= 0.6 is 12.6 Å². The van der Waals surface area contributed by atoms with Gasteiger partial charge in [0.2, 0.25) is 0 Å². The third-order valence-electron chi connectivity index (χ3n) is 5.40. The number of benzene rings is 1. The summed E-state index contributed by atoms with van der Waals surface area (Å²) in [4.78, 5) is 4.74. The fraction of sp³-hybridized carbons (Fsp3) is 0.522. The van der Waals surface area contributed by atoms with E-state index in [9.17, 15) is 0 Å². The molecule has 0 bridgehead atoms. The van der Waals surface area contributed by atoms with Gasteiger partial charge in [0.1, 0.15) is 0 Å². The fourth-order valence-corrected chi connectivity index (χ4v) is 4.09. The van der Waals surface area contributed by atoms with Crippen molar-refractivity contribution in [3.05, 3.63) is 41.1 Å². The van der Waals surface area contributed by atoms with Crippen molar-refractivity contribution in [3.63, 3.8) is 0 Å². The Bertz CT molecular complexity index is 957. The second-order valence-corrected chi connectivity index (χ2v) is 8.42. The Hall–Kier alpha value is -2.08. The van der Waals surface area contributed by atoms with E-state index in [-0.39, 0.29) is 0 Å². The Labute approximate surface area is 179 Å². The highest BCUT2D eigenvalue weighted by atomic mass is 32.1. The predicted molar refractivity (Wildman–Crippen MR) is 125 cm³/mol. The zero-order chi connectivity index (χ0) is 21.0. The minimum absolute atomic E-state index is 0.378. The summed E-state index contributed by atoms with van der Waals surface area (Å²) < 4.78 is 2.10. The second kappa shape index (κ2) is 9.61. The van der Waals surface area contributed by atoms with E-state index in [4.69, 9.17) is 4.98 Å². The molecule has 156 valence electrons. The topological polar surface area (TPSA) is 55.6 Å². The first-order valence-corrected chi connectivity index (χ1v) is 11.3. The number of pyridine rings is 1. The van der Waals surface area contributed by atoms with Crippen LogP contribution in [0.25, 0.3) is 11.0 Å². The van der Waals surface area contributed by atoms with Gasteiger partial charge in [0, 0.05) is 17.1 Å². The van der Waals surface area contributed by atoms with Gasteiger partial charge in [0.05, 0.1) is 11.6 Å². The van der Waals surface area contributed by atoms with E-state index >= 15 is 0 Å². The number of hydrogen-bond acceptors (Lipinski definition) is 5. The molecular weight excluding hydrogens is 378 g/mol. The number of nitrogens with zero attached hydrogens (tertiary/aromatic N) is 4. The molecule has 29 heavy (non-hydrogen) atoms. The highest BCUT2D eigenvalue weighted by molar-refractivity contribution is 7.79. The normalized spacial score (nSPS) is 11.7. The first-order chi connectivity index (χ1) is 14.0. The molecule has 0 saturated carbocycles. The van der Waals surface area contributed by atoms with E-state index in [1.165, 1.54) is 11.1 Å². The van der Waals surface area contributed by atoms with Crippen LogP contribution in [0.1, 0.15) is 82.2 Å². The van der Waals surface area contributed by atoms with Crippen LogP contribution < -0.4 is 5.32 Å². The van der Waals surface area contributed by atoms with Gasteiger partial charge >= 0.3 is 0 Å². The van der Waals surface area contributed by atoms with Gasteiger partial charge in [-0.2, -0.15) is 12.6 Å². The van der Waals surface area contributed by atoms with Crippen molar-refractivity contribution in [1.82, 2.24) is 20.0 Å². The molecule has 3 aromatic rings. The van der Waals surface area contributed by atoms with Crippen LogP contribution in [0.2, 0.25) is 0 Å². The van der Waals surface area contributed by atoms with Gasteiger partial charge in [0.25, 0.3) is 0 Å². The molecule has 6 heteroatoms. The predicted octanol–water partition coefficient (Wildman–Crippen LogP) is 6.57. The molecule has 0 atom stereocenters. The zero-order valence-corrected chi connectivity index (χ0v) is 19.1. The molecule has 0 saturated heterocycles. The first kappa shape index (κ1) is 21.6. The van der Waals surface area contributed by atoms with E-state index in [0.717, 1.165) is 53.9 Å². The Morgan fingerprint density at radius 3 is 2.45 bits per heavy atom. The number of aromatic nitrogens is 4. The zero-order valence-electron chi connectivity index (χ0n) is 18.2. The molecule has 1 aromatic carbocycles. The van der Waals surface area contributed by atoms with Crippen molar-refractivity contribution in [2.75, 3.05) is 5.32 Å². The summed E-state index contributed by atoms with van der Waals surface area (Å²) >= 11 is 4.54. The molecule has 0 spiro atoms. The lowest BCUT2D eigenvalue weighted by atomic mass is 10.0. The number of anilines is 2. The standard InChI is InChI=1S/C23H33N5S/c1-6-8-19(9-7-2)28-21-12-16(5)24-23(22(21)26-27-28)25-20-11-10-17(15(3)4)13-18(20)14-29/h10-13,15,19,29H,6-9,14H2,1-5H3,(H,24,25). The molecule has 3 rings (SSSR count). The Morgan fingerprint density at radius 1 is 1.10 bits per heavy atom. The van der Waals surface area contributed by atoms with Crippen LogP contribution in [0.4, 0.5) is 11.5 Å². The minimum Gasteiger partial charge on any atom is -0.338 e. The van der Waals surface area contributed by atoms with E-state index < -0.39 is 0 Å². The number of rotatable bonds is 9. The van der Waals surface area contributed by atoms with Crippen molar-refractivity contribution in [1.29, 1.82) is 0 Å². The molecule has 2 heterocycles. The van der Waals surface area contributed by atoms with Gasteiger partial charge < -0.3 is 5.32 Å². The van der Waals surface area contributed by atoms with Crippen molar-refractivity contribution in [3.8, 4) is 0 Å². The Morgan fingerprint density at radius 2 is 1.83 bits per heavy atom. The molecule has 0 aliphatic carbocycles. The first-order valence-electron chi connectivity index (χ1n) is 10.7. The summed E-state index contributed by atoms with van der Waals surface area (Å²) in [6, 6.07) is 8.99. The van der Waals surface area contributed by atoms with E-state index in [1.807, 2.05) is 6.92 Å². The second-order valence-electron chi connectivity index (χ2n) is 8.10. The van der Waals surface area contributed by atoms with Crippen molar-refractivity contribution >= 4 is 35.2 Å². The van der Waals surface area contributed by atoms with E-state index in [0.29, 0.717) is 17.7 Å². The van der Waals surface area contributed by atoms with Crippen LogP contribution in [0.15, 0.2) is 24.3 Å². The van der Waals surface area contributed by atoms with Crippen molar-refractivity contribution < 1.29 is 0 Å². The van der Waals surface area contributed by atoms with Gasteiger partial charge in [-0.3, -0.25) is 0 Å². The van der Waals surface area contributed by atoms with Crippen molar-refractivity contribution in [2.24, 2.45) is 0 Å². The monoisotopic (exact) mass is 411 g/mol. The van der Waals surface area contributed by atoms with Gasteiger partial charge in [-0.1, -0.05) is 57.9 Å². The molecule has 2 aromatic heterocycles. The van der Waals surface area contributed by atoms with E-state index in [2.05, 4.69) is 84.9 Å². The number of nitrogens with one attached hydrogen (secondary N) is 1. The Balaban J connectivity index is 2.03. The van der Waals surface area contributed by atoms with Gasteiger partial charge in [0.15, 0.2) is 11.3 Å². The maximum Gasteiger partial charge on any atom is 0.160 e. The maximum absolute atomic E-state index is 4.74. The maximum atomic E-state index is 4.74. The van der Waals surface area contributed by atoms with Crippen LogP contribution in [0, 0.1) is 6.92 Å². The largest absolute Gasteiger partial charge is 0.338 e. The minimum atomic E-state index is 0.378. The summed E-state index contributed by atoms with van der Waals surface area (Å²) in [5.74, 6) is 1.92. The fourth-order valence-electron chi connectivity index (χ4n) is 3.83. The number of hydrogen-bond donors (Lipinski definition) is 2. The molecule has 0 radical (unpaired) electrons. The van der Waals surface area contributed by atoms with Crippen molar-refractivity contribution in [2.45, 2.75) is 78.0 Å². The van der Waals surface area contributed by atoms with Crippen LogP contribution in [-0.4, -0.2) is 20.0 Å². The molecule has 0 fully saturated rings. The third kappa shape index (κ3) is 4.74. The molecule has 5 nitrogen and oxygen atoms in total. The lowest BCUT2D eigenvalue weighted by Crippen LogP contribution is -2.10. The number of thiol groups is 1. The Kier molecular flexibility index (Phi) is 7.17. The molecule has 1 N–H and O–H groups in total. The number of fused-ring (bicyclic) bond motifs is 1. The highest BCUT2D eigenvalue weighted by Gasteiger charge is 2.18. The van der Waals surface area contributed by atoms with E-state index in [1.54, 1.807) is 0 Å². The molecular formula is C23H33N5S. The third-order valence-corrected chi connectivity index (χ3v) is 5.74. The molecule has 0 unspecified atom stereocenters. The van der Waals surface area contributed by atoms with Crippen LogP contribution in [-0.2, 0) is 5.75 Å². The van der Waals surface area contributed by atoms with Crippen LogP contribution in [0.5, 0.6) is 0 Å². The lowest BCUT2D eigenvalue weighted by Gasteiger charge is -2.17. The number of aryl methyl sites for hydroxylation is 1. The quantitative estimate of drug-likeness (QED) is 0.391. The van der Waals surface area contributed by atoms with Gasteiger partial charge in [-0.15, -0.1) is 5.10 Å². The summed E-state index contributed by atoms with van der Waals surface area (Å²) in [5, 5.41) is 12.6. The smallest absolute Gasteiger partial charge is 0.160 e. The summed E-state index contributed by atoms with van der Waals surface area (Å²) in [6.07, 6.45) is 4.48. The lowest BCUT2D eigenvalue weighted by molar-refractivity contribution is 0.393. The SMILES string of the molecule is CCCC(CCC)n1nnc2c(Nc3ccc(C(C)C)cc3CS)nc(C)cc21. The summed E-state index contributed by atoms with van der Waals surface area (Å²) in [6.45, 7) is 10.9. The molecule has 0 amide bonds. The van der Waals surface area contributed by atoms with Gasteiger partial charge in [-0.25, -0.2) is 9.67 Å². The van der Waals surface area contributed by atoms with Gasteiger partial charge in [-0.05, 0) is 48.9 Å².